The normalized spacial score (nSPS) is 25.4. The largest absolute Gasteiger partial charge is 0.338 e. The first-order chi connectivity index (χ1) is 8.94. The Morgan fingerprint density at radius 1 is 1.05 bits per heavy atom. The van der Waals surface area contributed by atoms with Gasteiger partial charge in [-0.05, 0) is 0 Å². The van der Waals surface area contributed by atoms with Crippen LogP contribution < -0.4 is 10.2 Å². The summed E-state index contributed by atoms with van der Waals surface area (Å²) in [6.45, 7) is 2.97. The van der Waals surface area contributed by atoms with Crippen molar-refractivity contribution in [2.45, 2.75) is 17.8 Å². The van der Waals surface area contributed by atoms with Crippen LogP contribution in [0.15, 0.2) is 12.4 Å². The molecular weight excluding hydrogens is 264 g/mol. The van der Waals surface area contributed by atoms with Crippen LogP contribution in [0.1, 0.15) is 11.5 Å². The number of anilines is 1. The minimum absolute atomic E-state index is 0.214. The quantitative estimate of drug-likeness (QED) is 0.826. The van der Waals surface area contributed by atoms with E-state index in [1.807, 2.05) is 4.90 Å². The molecule has 1 saturated heterocycles. The van der Waals surface area contributed by atoms with Gasteiger partial charge >= 0.3 is 11.8 Å². The second-order valence-electron chi connectivity index (χ2n) is 4.73. The number of piperazine rings is 1. The van der Waals surface area contributed by atoms with Crippen molar-refractivity contribution in [1.82, 2.24) is 15.3 Å². The van der Waals surface area contributed by atoms with Gasteiger partial charge in [-0.1, -0.05) is 0 Å². The van der Waals surface area contributed by atoms with Crippen LogP contribution in [-0.4, -0.2) is 48.0 Å². The van der Waals surface area contributed by atoms with E-state index in [4.69, 9.17) is 0 Å². The highest BCUT2D eigenvalue weighted by molar-refractivity contribution is 5.38. The van der Waals surface area contributed by atoms with Crippen molar-refractivity contribution in [3.63, 3.8) is 0 Å². The maximum absolute atomic E-state index is 12.9. The zero-order chi connectivity index (χ0) is 13.7. The van der Waals surface area contributed by atoms with Crippen LogP contribution in [0.5, 0.6) is 0 Å². The van der Waals surface area contributed by atoms with Gasteiger partial charge in [-0.15, -0.1) is 0 Å². The number of halogens is 4. The first kappa shape index (κ1) is 12.6. The van der Waals surface area contributed by atoms with Gasteiger partial charge in [0.15, 0.2) is 0 Å². The second-order valence-corrected chi connectivity index (χ2v) is 4.73. The zero-order valence-electron chi connectivity index (χ0n) is 9.91. The fourth-order valence-electron chi connectivity index (χ4n) is 2.27. The van der Waals surface area contributed by atoms with Crippen molar-refractivity contribution < 1.29 is 17.6 Å². The van der Waals surface area contributed by atoms with Crippen LogP contribution in [0.25, 0.3) is 0 Å². The average molecular weight is 276 g/mol. The summed E-state index contributed by atoms with van der Waals surface area (Å²) in [6.07, 6.45) is 2.15. The Labute approximate surface area is 106 Å². The highest BCUT2D eigenvalue weighted by Gasteiger charge is 2.85. The fourth-order valence-corrected chi connectivity index (χ4v) is 2.27. The first-order valence-electron chi connectivity index (χ1n) is 5.98. The molecule has 1 aliphatic carbocycles. The van der Waals surface area contributed by atoms with E-state index in [0.717, 1.165) is 25.5 Å². The third-order valence-corrected chi connectivity index (χ3v) is 3.48. The van der Waals surface area contributed by atoms with E-state index in [1.54, 1.807) is 0 Å². The molecule has 3 rings (SSSR count). The highest BCUT2D eigenvalue weighted by atomic mass is 19.3. The molecule has 0 amide bonds. The van der Waals surface area contributed by atoms with E-state index in [9.17, 15) is 17.6 Å². The summed E-state index contributed by atoms with van der Waals surface area (Å²) in [6, 6.07) is 0. The molecule has 1 aromatic rings. The number of aromatic nitrogens is 2. The van der Waals surface area contributed by atoms with Crippen LogP contribution in [-0.2, 0) is 0 Å². The zero-order valence-corrected chi connectivity index (χ0v) is 9.91. The molecule has 2 heterocycles. The Balaban J connectivity index is 1.77. The van der Waals surface area contributed by atoms with Crippen LogP contribution in [0.2, 0.25) is 0 Å². The Bertz CT molecular complexity index is 456. The summed E-state index contributed by atoms with van der Waals surface area (Å²) in [4.78, 5) is 9.71. The minimum atomic E-state index is -3.98. The van der Waals surface area contributed by atoms with Gasteiger partial charge in [-0.3, -0.25) is 0 Å². The van der Waals surface area contributed by atoms with Crippen molar-refractivity contribution in [2.75, 3.05) is 31.1 Å². The fraction of sp³-hybridized carbons (Fsp3) is 0.636. The lowest BCUT2D eigenvalue weighted by molar-refractivity contribution is -0.0278. The number of nitrogens with one attached hydrogen (secondary N) is 1. The van der Waals surface area contributed by atoms with Crippen molar-refractivity contribution in [3.8, 4) is 0 Å². The summed E-state index contributed by atoms with van der Waals surface area (Å²) in [5.74, 6) is -9.66. The van der Waals surface area contributed by atoms with Gasteiger partial charge < -0.3 is 10.2 Å². The molecule has 0 radical (unpaired) electrons. The van der Waals surface area contributed by atoms with E-state index in [-0.39, 0.29) is 5.56 Å². The molecule has 1 aliphatic heterocycles. The van der Waals surface area contributed by atoms with Crippen LogP contribution in [0, 0.1) is 0 Å². The molecule has 1 aromatic heterocycles. The smallest absolute Gasteiger partial charge is 0.323 e. The van der Waals surface area contributed by atoms with Crippen molar-refractivity contribution >= 4 is 5.95 Å². The van der Waals surface area contributed by atoms with Gasteiger partial charge in [-0.2, -0.15) is 17.6 Å². The Kier molecular flexibility index (Phi) is 2.67. The van der Waals surface area contributed by atoms with Crippen molar-refractivity contribution in [1.29, 1.82) is 0 Å². The van der Waals surface area contributed by atoms with E-state index in [0.29, 0.717) is 19.0 Å². The number of rotatable bonds is 2. The standard InChI is InChI=1S/C11H12F4N4/c12-10(13)8(11(10,14)15)7-5-17-9(18-6-7)19-3-1-16-2-4-19/h5-6,8,16H,1-4H2. The maximum atomic E-state index is 12.9. The molecule has 19 heavy (non-hydrogen) atoms. The molecule has 8 heteroatoms. The summed E-state index contributed by atoms with van der Waals surface area (Å²) >= 11 is 0. The lowest BCUT2D eigenvalue weighted by atomic mass is 10.2. The molecule has 0 aromatic carbocycles. The summed E-state index contributed by atoms with van der Waals surface area (Å²) in [5, 5.41) is 3.15. The molecule has 104 valence electrons. The lowest BCUT2D eigenvalue weighted by Gasteiger charge is -2.27. The summed E-state index contributed by atoms with van der Waals surface area (Å²) in [7, 11) is 0. The minimum Gasteiger partial charge on any atom is -0.338 e. The van der Waals surface area contributed by atoms with Crippen LogP contribution in [0.3, 0.4) is 0 Å². The number of hydrogen-bond donors (Lipinski definition) is 1. The van der Waals surface area contributed by atoms with Gasteiger partial charge in [0, 0.05) is 44.1 Å². The summed E-state index contributed by atoms with van der Waals surface area (Å²) in [5.41, 5.74) is -0.214. The molecule has 2 fully saturated rings. The predicted octanol–water partition coefficient (Wildman–Crippen LogP) is 1.25. The molecule has 0 atom stereocenters. The molecule has 2 aliphatic rings. The van der Waals surface area contributed by atoms with Gasteiger partial charge in [0.05, 0.1) is 0 Å². The molecule has 4 nitrogen and oxygen atoms in total. The predicted molar refractivity (Wildman–Crippen MR) is 59.7 cm³/mol. The molecule has 0 unspecified atom stereocenters. The van der Waals surface area contributed by atoms with E-state index in [2.05, 4.69) is 15.3 Å². The number of nitrogens with zero attached hydrogens (tertiary/aromatic N) is 3. The lowest BCUT2D eigenvalue weighted by Crippen LogP contribution is -2.44. The van der Waals surface area contributed by atoms with Gasteiger partial charge in [0.2, 0.25) is 5.95 Å². The van der Waals surface area contributed by atoms with Crippen LogP contribution >= 0.6 is 0 Å². The second kappa shape index (κ2) is 4.03. The van der Waals surface area contributed by atoms with Gasteiger partial charge in [-0.25, -0.2) is 9.97 Å². The molecule has 1 saturated carbocycles. The molecule has 0 spiro atoms. The van der Waals surface area contributed by atoms with Crippen LogP contribution in [0.4, 0.5) is 23.5 Å². The molecule has 0 bridgehead atoms. The first-order valence-corrected chi connectivity index (χ1v) is 5.98. The van der Waals surface area contributed by atoms with E-state index in [1.165, 1.54) is 0 Å². The Morgan fingerprint density at radius 2 is 1.58 bits per heavy atom. The highest BCUT2D eigenvalue weighted by Crippen LogP contribution is 2.67. The monoisotopic (exact) mass is 276 g/mol. The third-order valence-electron chi connectivity index (χ3n) is 3.48. The van der Waals surface area contributed by atoms with E-state index >= 15 is 0 Å². The SMILES string of the molecule is FC1(F)C(c2cnc(N3CCNCC3)nc2)C1(F)F. The molecule has 1 N–H and O–H groups in total. The van der Waals surface area contributed by atoms with Gasteiger partial charge in [0.1, 0.15) is 5.92 Å². The van der Waals surface area contributed by atoms with Crippen molar-refractivity contribution in [3.05, 3.63) is 18.0 Å². The maximum Gasteiger partial charge on any atom is 0.323 e. The molecular formula is C11H12F4N4. The number of hydrogen-bond acceptors (Lipinski definition) is 4. The summed E-state index contributed by atoms with van der Waals surface area (Å²) < 4.78 is 51.6. The Morgan fingerprint density at radius 3 is 2.05 bits per heavy atom. The Hall–Kier alpha value is -1.44. The van der Waals surface area contributed by atoms with E-state index < -0.39 is 17.8 Å². The third kappa shape index (κ3) is 1.85. The number of alkyl halides is 4. The van der Waals surface area contributed by atoms with Crippen molar-refractivity contribution in [2.24, 2.45) is 0 Å². The topological polar surface area (TPSA) is 41.1 Å². The van der Waals surface area contributed by atoms with Gasteiger partial charge in [0.25, 0.3) is 0 Å². The average Bonchev–Trinajstić information content (AvgIpc) is 2.81.